The second kappa shape index (κ2) is 8.11. The van der Waals surface area contributed by atoms with Gasteiger partial charge in [0, 0.05) is 43.9 Å². The molecule has 3 rings (SSSR count). The van der Waals surface area contributed by atoms with Gasteiger partial charge in [-0.1, -0.05) is 0 Å². The Hall–Kier alpha value is -2.41. The van der Waals surface area contributed by atoms with Gasteiger partial charge in [0.1, 0.15) is 5.82 Å². The number of hydrogen-bond acceptors (Lipinski definition) is 3. The zero-order chi connectivity index (χ0) is 17.6. The number of likely N-dealkylation sites (tertiary alicyclic amines) is 1. The molecule has 2 aromatic rings. The molecule has 0 spiro atoms. The van der Waals surface area contributed by atoms with Gasteiger partial charge in [-0.15, -0.1) is 0 Å². The lowest BCUT2D eigenvalue weighted by molar-refractivity contribution is 0.167. The third-order valence-electron chi connectivity index (χ3n) is 4.47. The van der Waals surface area contributed by atoms with E-state index in [2.05, 4.69) is 15.5 Å². The maximum Gasteiger partial charge on any atom is 0.317 e. The lowest BCUT2D eigenvalue weighted by Crippen LogP contribution is -2.45. The third kappa shape index (κ3) is 4.36. The summed E-state index contributed by atoms with van der Waals surface area (Å²) in [7, 11) is 1.61. The number of ether oxygens (including phenoxy) is 1. The van der Waals surface area contributed by atoms with Gasteiger partial charge in [-0.2, -0.15) is 5.10 Å². The van der Waals surface area contributed by atoms with Crippen molar-refractivity contribution in [3.05, 3.63) is 41.8 Å². The summed E-state index contributed by atoms with van der Waals surface area (Å²) in [5, 5.41) is 10.3. The third-order valence-corrected chi connectivity index (χ3v) is 4.47. The van der Waals surface area contributed by atoms with E-state index < -0.39 is 0 Å². The second-order valence-corrected chi connectivity index (χ2v) is 6.23. The van der Waals surface area contributed by atoms with Crippen molar-refractivity contribution >= 4 is 6.03 Å². The lowest BCUT2D eigenvalue weighted by Gasteiger charge is -2.32. The molecule has 2 N–H and O–H groups in total. The van der Waals surface area contributed by atoms with Gasteiger partial charge in [0.2, 0.25) is 0 Å². The zero-order valence-electron chi connectivity index (χ0n) is 14.3. The highest BCUT2D eigenvalue weighted by molar-refractivity contribution is 5.74. The van der Waals surface area contributed by atoms with Crippen LogP contribution in [-0.4, -0.2) is 54.5 Å². The van der Waals surface area contributed by atoms with Crippen LogP contribution in [0.25, 0.3) is 11.3 Å². The largest absolute Gasteiger partial charge is 0.383 e. The number of halogens is 1. The Morgan fingerprint density at radius 1 is 1.44 bits per heavy atom. The number of amides is 2. The number of carbonyl (C=O) groups excluding carboxylic acids is 1. The number of aromatic nitrogens is 2. The van der Waals surface area contributed by atoms with E-state index in [0.29, 0.717) is 19.7 Å². The Morgan fingerprint density at radius 3 is 3.00 bits per heavy atom. The minimum Gasteiger partial charge on any atom is -0.383 e. The Labute approximate surface area is 146 Å². The smallest absolute Gasteiger partial charge is 0.317 e. The molecule has 1 atom stereocenters. The summed E-state index contributed by atoms with van der Waals surface area (Å²) in [6.45, 7) is 2.43. The van der Waals surface area contributed by atoms with Crippen molar-refractivity contribution in [2.24, 2.45) is 0 Å². The van der Waals surface area contributed by atoms with Gasteiger partial charge in [0.15, 0.2) is 0 Å². The molecule has 1 aliphatic rings. The zero-order valence-corrected chi connectivity index (χ0v) is 14.3. The van der Waals surface area contributed by atoms with Gasteiger partial charge in [-0.25, -0.2) is 9.18 Å². The first-order chi connectivity index (χ1) is 12.2. The van der Waals surface area contributed by atoms with Crippen LogP contribution in [0, 0.1) is 5.82 Å². The molecule has 1 aromatic heterocycles. The average molecular weight is 346 g/mol. The molecular weight excluding hydrogens is 323 g/mol. The van der Waals surface area contributed by atoms with Gasteiger partial charge in [0.25, 0.3) is 0 Å². The highest BCUT2D eigenvalue weighted by atomic mass is 19.1. The topological polar surface area (TPSA) is 70.2 Å². The number of H-pyrrole nitrogens is 1. The summed E-state index contributed by atoms with van der Waals surface area (Å²) in [4.78, 5) is 14.0. The summed E-state index contributed by atoms with van der Waals surface area (Å²) in [5.41, 5.74) is 2.67. The minimum absolute atomic E-state index is 0.0555. The van der Waals surface area contributed by atoms with Crippen molar-refractivity contribution in [3.63, 3.8) is 0 Å². The maximum atomic E-state index is 13.0. The van der Waals surface area contributed by atoms with E-state index in [1.54, 1.807) is 19.2 Å². The summed E-state index contributed by atoms with van der Waals surface area (Å²) in [6, 6.07) is 8.22. The highest BCUT2D eigenvalue weighted by Gasteiger charge is 2.26. The Kier molecular flexibility index (Phi) is 5.65. The van der Waals surface area contributed by atoms with Crippen molar-refractivity contribution in [3.8, 4) is 11.3 Å². The fraction of sp³-hybridized carbons (Fsp3) is 0.444. The number of piperidine rings is 1. The van der Waals surface area contributed by atoms with Crippen LogP contribution in [0.2, 0.25) is 0 Å². The summed E-state index contributed by atoms with van der Waals surface area (Å²) in [6.07, 6.45) is 1.96. The van der Waals surface area contributed by atoms with E-state index in [1.807, 2.05) is 11.0 Å². The molecule has 1 saturated heterocycles. The van der Waals surface area contributed by atoms with Gasteiger partial charge in [-0.05, 0) is 43.2 Å². The van der Waals surface area contributed by atoms with Gasteiger partial charge < -0.3 is 15.0 Å². The molecular formula is C18H23FN4O2. The molecule has 1 aliphatic heterocycles. The van der Waals surface area contributed by atoms with Crippen molar-refractivity contribution < 1.29 is 13.9 Å². The minimum atomic E-state index is -0.262. The molecule has 0 bridgehead atoms. The number of carbonyl (C=O) groups is 1. The predicted octanol–water partition coefficient (Wildman–Crippen LogP) is 2.75. The number of rotatable bonds is 5. The fourth-order valence-corrected chi connectivity index (χ4v) is 3.10. The van der Waals surface area contributed by atoms with Crippen LogP contribution in [-0.2, 0) is 4.74 Å². The first-order valence-electron chi connectivity index (χ1n) is 8.50. The predicted molar refractivity (Wildman–Crippen MR) is 92.8 cm³/mol. The Balaban J connectivity index is 1.63. The van der Waals surface area contributed by atoms with Crippen LogP contribution in [0.1, 0.15) is 24.5 Å². The molecule has 1 fully saturated rings. The van der Waals surface area contributed by atoms with Crippen molar-refractivity contribution in [2.75, 3.05) is 33.4 Å². The van der Waals surface area contributed by atoms with Crippen molar-refractivity contribution in [1.82, 2.24) is 20.4 Å². The highest BCUT2D eigenvalue weighted by Crippen LogP contribution is 2.28. The van der Waals surface area contributed by atoms with E-state index in [-0.39, 0.29) is 17.8 Å². The van der Waals surface area contributed by atoms with Crippen LogP contribution >= 0.6 is 0 Å². The van der Waals surface area contributed by atoms with E-state index in [0.717, 1.165) is 36.3 Å². The molecule has 0 unspecified atom stereocenters. The molecule has 6 nitrogen and oxygen atoms in total. The van der Waals surface area contributed by atoms with Gasteiger partial charge in [0.05, 0.1) is 12.3 Å². The summed E-state index contributed by atoms with van der Waals surface area (Å²) in [5.74, 6) is -0.0365. The second-order valence-electron chi connectivity index (χ2n) is 6.23. The molecule has 25 heavy (non-hydrogen) atoms. The quantitative estimate of drug-likeness (QED) is 0.818. The SMILES string of the molecule is COCCNC(=O)N1CCC[C@@H](c2cc(-c3ccc(F)cc3)n[nH]2)C1. The van der Waals surface area contributed by atoms with Crippen LogP contribution in [0.5, 0.6) is 0 Å². The molecule has 0 radical (unpaired) electrons. The summed E-state index contributed by atoms with van der Waals surface area (Å²) < 4.78 is 18.0. The van der Waals surface area contributed by atoms with Crippen molar-refractivity contribution in [1.29, 1.82) is 0 Å². The number of hydrogen-bond donors (Lipinski definition) is 2. The average Bonchev–Trinajstić information content (AvgIpc) is 3.13. The molecule has 0 aliphatic carbocycles. The lowest BCUT2D eigenvalue weighted by atomic mass is 9.94. The summed E-state index contributed by atoms with van der Waals surface area (Å²) >= 11 is 0. The molecule has 7 heteroatoms. The van der Waals surface area contributed by atoms with E-state index in [1.165, 1.54) is 12.1 Å². The van der Waals surface area contributed by atoms with Gasteiger partial charge >= 0.3 is 6.03 Å². The molecule has 1 aromatic carbocycles. The van der Waals surface area contributed by atoms with Crippen LogP contribution in [0.15, 0.2) is 30.3 Å². The monoisotopic (exact) mass is 346 g/mol. The standard InChI is InChI=1S/C18H23FN4O2/c1-25-10-8-20-18(24)23-9-2-3-14(12-23)17-11-16(21-22-17)13-4-6-15(19)7-5-13/h4-7,11,14H,2-3,8-10,12H2,1H3,(H,20,24)(H,21,22)/t14-/m1/s1. The fourth-order valence-electron chi connectivity index (χ4n) is 3.10. The van der Waals surface area contributed by atoms with Crippen LogP contribution in [0.4, 0.5) is 9.18 Å². The van der Waals surface area contributed by atoms with E-state index in [4.69, 9.17) is 4.74 Å². The maximum absolute atomic E-state index is 13.0. The number of benzene rings is 1. The molecule has 134 valence electrons. The van der Waals surface area contributed by atoms with E-state index in [9.17, 15) is 9.18 Å². The number of urea groups is 1. The van der Waals surface area contributed by atoms with Crippen LogP contribution in [0.3, 0.4) is 0 Å². The number of nitrogens with zero attached hydrogens (tertiary/aromatic N) is 2. The van der Waals surface area contributed by atoms with Crippen LogP contribution < -0.4 is 5.32 Å². The molecule has 2 amide bonds. The number of methoxy groups -OCH3 is 1. The normalized spacial score (nSPS) is 17.5. The Morgan fingerprint density at radius 2 is 2.24 bits per heavy atom. The Bertz CT molecular complexity index is 701. The number of aromatic amines is 1. The first kappa shape index (κ1) is 17.4. The number of nitrogens with one attached hydrogen (secondary N) is 2. The van der Waals surface area contributed by atoms with E-state index >= 15 is 0 Å². The molecule has 2 heterocycles. The van der Waals surface area contributed by atoms with Crippen molar-refractivity contribution in [2.45, 2.75) is 18.8 Å². The first-order valence-corrected chi connectivity index (χ1v) is 8.50. The molecule has 0 saturated carbocycles. The van der Waals surface area contributed by atoms with Gasteiger partial charge in [-0.3, -0.25) is 5.10 Å².